The first-order chi connectivity index (χ1) is 19.9. The number of carboxylic acid groups (broad SMARTS) is 2. The first kappa shape index (κ1) is 37.3. The summed E-state index contributed by atoms with van der Waals surface area (Å²) in [7, 11) is 7.73. The molecular weight excluding hydrogens is 552 g/mol. The predicted octanol–water partition coefficient (Wildman–Crippen LogP) is 3.53. The van der Waals surface area contributed by atoms with Gasteiger partial charge < -0.3 is 45.7 Å². The number of aliphatic carboxylic acids is 2. The molecular formula is C32H48N4O7. The Hall–Kier alpha value is -3.74. The van der Waals surface area contributed by atoms with E-state index >= 15 is 0 Å². The fraction of sp³-hybridized carbons (Fsp3) is 0.438. The van der Waals surface area contributed by atoms with Crippen molar-refractivity contribution in [3.63, 3.8) is 0 Å². The van der Waals surface area contributed by atoms with Crippen molar-refractivity contribution in [1.29, 1.82) is 0 Å². The molecule has 4 aromatic rings. The summed E-state index contributed by atoms with van der Waals surface area (Å²) < 4.78 is 4.10. The third kappa shape index (κ3) is 10.5. The van der Waals surface area contributed by atoms with E-state index in [1.807, 2.05) is 78.7 Å². The van der Waals surface area contributed by atoms with Gasteiger partial charge in [0.15, 0.2) is 0 Å². The summed E-state index contributed by atoms with van der Waals surface area (Å²) in [5.41, 5.74) is 4.28. The second kappa shape index (κ2) is 18.0. The van der Waals surface area contributed by atoms with Crippen LogP contribution in [0.4, 0.5) is 0 Å². The lowest BCUT2D eigenvalue weighted by Gasteiger charge is -2.17. The summed E-state index contributed by atoms with van der Waals surface area (Å²) in [6.45, 7) is 3.96. The number of hydrogen-bond donors (Lipinski definition) is 6. The Balaban J connectivity index is 0.000000329. The van der Waals surface area contributed by atoms with E-state index in [1.54, 1.807) is 0 Å². The summed E-state index contributed by atoms with van der Waals surface area (Å²) in [6, 6.07) is 16.4. The molecule has 0 spiro atoms. The Kier molecular flexibility index (Phi) is 15.6. The number of hydrogen-bond acceptors (Lipinski definition) is 6. The number of aliphatic hydroxyl groups excluding tert-OH is 2. The normalized spacial score (nSPS) is 13.5. The molecule has 4 atom stereocenters. The van der Waals surface area contributed by atoms with Gasteiger partial charge in [-0.3, -0.25) is 9.59 Å². The molecule has 238 valence electrons. The quantitative estimate of drug-likeness (QED) is 0.141. The van der Waals surface area contributed by atoms with Crippen LogP contribution in [0.1, 0.15) is 62.9 Å². The molecule has 11 nitrogen and oxygen atoms in total. The number of nitrogens with one attached hydrogen (secondary N) is 2. The molecule has 0 saturated carbocycles. The highest BCUT2D eigenvalue weighted by Crippen LogP contribution is 2.28. The number of carbonyl (C=O) groups is 2. The standard InChI is InChI=1S/2C13H18N2O.C6H10O4.H2O/c2*1-9(14-2)13(16)11-8-15(3)12-7-5-4-6-10(11)12;7-5(8)3-1-2-4-6(9)10;/h2*4-9,13-14,16H,1-3H3;1-4H2,(H,7,8)(H,9,10);1H2/t2*9-,13?;;/m11../s1. The minimum atomic E-state index is -0.870. The summed E-state index contributed by atoms with van der Waals surface area (Å²) in [4.78, 5) is 19.8. The Morgan fingerprint density at radius 1 is 0.698 bits per heavy atom. The molecule has 0 radical (unpaired) electrons. The van der Waals surface area contributed by atoms with Crippen LogP contribution in [-0.4, -0.2) is 73.2 Å². The number of aliphatic hydroxyl groups is 2. The van der Waals surface area contributed by atoms with E-state index < -0.39 is 24.1 Å². The van der Waals surface area contributed by atoms with Gasteiger partial charge in [-0.05, 0) is 52.9 Å². The van der Waals surface area contributed by atoms with Crippen molar-refractivity contribution in [3.8, 4) is 0 Å². The molecule has 0 aliphatic rings. The van der Waals surface area contributed by atoms with Crippen molar-refractivity contribution in [2.24, 2.45) is 14.1 Å². The fourth-order valence-corrected chi connectivity index (χ4v) is 4.62. The van der Waals surface area contributed by atoms with E-state index in [9.17, 15) is 19.8 Å². The topological polar surface area (TPSA) is 180 Å². The average Bonchev–Trinajstić information content (AvgIpc) is 3.51. The van der Waals surface area contributed by atoms with Crippen LogP contribution in [0.2, 0.25) is 0 Å². The number of unbranched alkanes of at least 4 members (excludes halogenated alkanes) is 1. The van der Waals surface area contributed by atoms with Gasteiger partial charge >= 0.3 is 11.9 Å². The lowest BCUT2D eigenvalue weighted by Crippen LogP contribution is -2.28. The van der Waals surface area contributed by atoms with Gasteiger partial charge in [0.2, 0.25) is 0 Å². The number of para-hydroxylation sites is 2. The van der Waals surface area contributed by atoms with Gasteiger partial charge in [0, 0.05) is 84.3 Å². The van der Waals surface area contributed by atoms with E-state index in [0.29, 0.717) is 12.8 Å². The molecule has 0 aliphatic heterocycles. The Labute approximate surface area is 253 Å². The molecule has 0 bridgehead atoms. The van der Waals surface area contributed by atoms with Crippen LogP contribution in [0.5, 0.6) is 0 Å². The second-order valence-corrected chi connectivity index (χ2v) is 10.5. The van der Waals surface area contributed by atoms with E-state index in [-0.39, 0.29) is 30.4 Å². The SMILES string of the molecule is CN[C@H](C)C(O)c1cn(C)c2ccccc12.CN[C@H](C)C(O)c1cn(C)c2ccccc12.O.O=C(O)CCCCC(=O)O. The van der Waals surface area contributed by atoms with Gasteiger partial charge in [0.05, 0.1) is 12.2 Å². The molecule has 2 aromatic carbocycles. The number of nitrogens with zero attached hydrogens (tertiary/aromatic N) is 2. The predicted molar refractivity (Wildman–Crippen MR) is 170 cm³/mol. The van der Waals surface area contributed by atoms with Crippen molar-refractivity contribution < 1.29 is 35.5 Å². The van der Waals surface area contributed by atoms with E-state index in [2.05, 4.69) is 44.0 Å². The van der Waals surface area contributed by atoms with Crippen LogP contribution in [0.3, 0.4) is 0 Å². The summed E-state index contributed by atoms with van der Waals surface area (Å²) >= 11 is 0. The smallest absolute Gasteiger partial charge is 0.303 e. The van der Waals surface area contributed by atoms with E-state index in [4.69, 9.17) is 10.2 Å². The lowest BCUT2D eigenvalue weighted by molar-refractivity contribution is -0.139. The molecule has 8 N–H and O–H groups in total. The highest BCUT2D eigenvalue weighted by Gasteiger charge is 2.20. The Morgan fingerprint density at radius 3 is 1.33 bits per heavy atom. The van der Waals surface area contributed by atoms with Gasteiger partial charge in [-0.1, -0.05) is 36.4 Å². The van der Waals surface area contributed by atoms with Gasteiger partial charge in [-0.25, -0.2) is 0 Å². The molecule has 0 fully saturated rings. The van der Waals surface area contributed by atoms with Crippen LogP contribution >= 0.6 is 0 Å². The van der Waals surface area contributed by atoms with Crippen molar-refractivity contribution >= 4 is 33.7 Å². The van der Waals surface area contributed by atoms with Crippen molar-refractivity contribution in [2.75, 3.05) is 14.1 Å². The molecule has 43 heavy (non-hydrogen) atoms. The molecule has 0 amide bonds. The maximum Gasteiger partial charge on any atom is 0.303 e. The molecule has 2 aromatic heterocycles. The zero-order valence-corrected chi connectivity index (χ0v) is 25.9. The van der Waals surface area contributed by atoms with Gasteiger partial charge in [0.25, 0.3) is 0 Å². The molecule has 2 unspecified atom stereocenters. The molecule has 0 aliphatic carbocycles. The fourth-order valence-electron chi connectivity index (χ4n) is 4.62. The van der Waals surface area contributed by atoms with Crippen molar-refractivity contribution in [1.82, 2.24) is 19.8 Å². The number of carboxylic acids is 2. The van der Waals surface area contributed by atoms with E-state index in [0.717, 1.165) is 32.9 Å². The Bertz CT molecular complexity index is 1320. The Morgan fingerprint density at radius 2 is 1.02 bits per heavy atom. The van der Waals surface area contributed by atoms with Crippen LogP contribution in [0.15, 0.2) is 60.9 Å². The summed E-state index contributed by atoms with van der Waals surface area (Å²) in [5.74, 6) is -1.74. The third-order valence-electron chi connectivity index (χ3n) is 7.38. The average molecular weight is 601 g/mol. The highest BCUT2D eigenvalue weighted by molar-refractivity contribution is 5.85. The maximum absolute atomic E-state index is 10.2. The summed E-state index contributed by atoms with van der Waals surface area (Å²) in [5, 5.41) is 45.1. The number of aryl methyl sites for hydroxylation is 2. The number of aromatic nitrogens is 2. The third-order valence-corrected chi connectivity index (χ3v) is 7.38. The molecule has 0 saturated heterocycles. The number of rotatable bonds is 11. The molecule has 11 heteroatoms. The second-order valence-electron chi connectivity index (χ2n) is 10.5. The van der Waals surface area contributed by atoms with Crippen LogP contribution < -0.4 is 10.6 Å². The number of likely N-dealkylation sites (N-methyl/N-ethyl adjacent to an activating group) is 2. The number of benzene rings is 2. The molecule has 4 rings (SSSR count). The highest BCUT2D eigenvalue weighted by atomic mass is 16.4. The zero-order valence-electron chi connectivity index (χ0n) is 25.9. The van der Waals surface area contributed by atoms with Gasteiger partial charge in [-0.15, -0.1) is 0 Å². The van der Waals surface area contributed by atoms with Gasteiger partial charge in [0.1, 0.15) is 0 Å². The van der Waals surface area contributed by atoms with Crippen molar-refractivity contribution in [2.45, 2.75) is 63.8 Å². The first-order valence-electron chi connectivity index (χ1n) is 14.1. The summed E-state index contributed by atoms with van der Waals surface area (Å²) in [6.07, 6.45) is 4.07. The minimum absolute atomic E-state index is 0. The lowest BCUT2D eigenvalue weighted by atomic mass is 10.0. The van der Waals surface area contributed by atoms with Crippen molar-refractivity contribution in [3.05, 3.63) is 72.1 Å². The monoisotopic (exact) mass is 600 g/mol. The zero-order chi connectivity index (χ0) is 31.4. The van der Waals surface area contributed by atoms with Crippen LogP contribution in [-0.2, 0) is 23.7 Å². The largest absolute Gasteiger partial charge is 0.481 e. The number of fused-ring (bicyclic) bond motifs is 2. The van der Waals surface area contributed by atoms with E-state index in [1.165, 1.54) is 0 Å². The van der Waals surface area contributed by atoms with Crippen LogP contribution in [0.25, 0.3) is 21.8 Å². The molecule has 2 heterocycles. The maximum atomic E-state index is 10.2. The van der Waals surface area contributed by atoms with Gasteiger partial charge in [-0.2, -0.15) is 0 Å². The minimum Gasteiger partial charge on any atom is -0.481 e. The van der Waals surface area contributed by atoms with Crippen LogP contribution in [0, 0.1) is 0 Å². The first-order valence-corrected chi connectivity index (χ1v) is 14.1.